The molecule has 0 radical (unpaired) electrons. The normalized spacial score (nSPS) is 17.1. The molecule has 100 valence electrons. The molecule has 0 atom stereocenters. The first-order chi connectivity index (χ1) is 8.65. The lowest BCUT2D eigenvalue weighted by Gasteiger charge is -2.29. The molecule has 1 N–H and O–H groups in total. The second kappa shape index (κ2) is 5.84. The summed E-state index contributed by atoms with van der Waals surface area (Å²) in [4.78, 5) is 12.3. The maximum atomic E-state index is 10.8. The van der Waals surface area contributed by atoms with Crippen LogP contribution in [0.25, 0.3) is 0 Å². The van der Waals surface area contributed by atoms with Crippen LogP contribution in [-0.2, 0) is 6.42 Å². The lowest BCUT2D eigenvalue weighted by molar-refractivity contribution is 0.122. The van der Waals surface area contributed by atoms with Crippen LogP contribution in [0.15, 0.2) is 4.42 Å². The van der Waals surface area contributed by atoms with Crippen molar-refractivity contribution in [2.24, 2.45) is 5.92 Å². The number of piperidine rings is 1. The Hall–Kier alpha value is -1.59. The summed E-state index contributed by atoms with van der Waals surface area (Å²) in [7, 11) is 0. The Kier molecular flexibility index (Phi) is 4.17. The Labute approximate surface area is 106 Å². The van der Waals surface area contributed by atoms with Gasteiger partial charge in [0.1, 0.15) is 0 Å². The number of aryl methyl sites for hydroxylation is 2. The molecule has 2 rings (SSSR count). The highest BCUT2D eigenvalue weighted by Crippen LogP contribution is 2.22. The van der Waals surface area contributed by atoms with Crippen molar-refractivity contribution in [2.75, 3.05) is 13.1 Å². The second-order valence-corrected chi connectivity index (χ2v) is 4.82. The molecular weight excluding hydrogens is 234 g/mol. The van der Waals surface area contributed by atoms with Gasteiger partial charge in [0.05, 0.1) is 0 Å². The highest BCUT2D eigenvalue weighted by Gasteiger charge is 2.21. The van der Waals surface area contributed by atoms with Crippen LogP contribution >= 0.6 is 0 Å². The predicted molar refractivity (Wildman–Crippen MR) is 64.3 cm³/mol. The number of likely N-dealkylation sites (tertiary alicyclic amines) is 1. The van der Waals surface area contributed by atoms with Gasteiger partial charge < -0.3 is 14.4 Å². The van der Waals surface area contributed by atoms with E-state index in [-0.39, 0.29) is 0 Å². The quantitative estimate of drug-likeness (QED) is 0.888. The Morgan fingerprint density at radius 2 is 2.17 bits per heavy atom. The summed E-state index contributed by atoms with van der Waals surface area (Å²) in [5.74, 6) is 1.94. The summed E-state index contributed by atoms with van der Waals surface area (Å²) in [6.45, 7) is 3.12. The molecule has 1 aromatic heterocycles. The van der Waals surface area contributed by atoms with Gasteiger partial charge in [-0.15, -0.1) is 10.2 Å². The van der Waals surface area contributed by atoms with E-state index < -0.39 is 6.09 Å². The smallest absolute Gasteiger partial charge is 0.407 e. The SMILES string of the molecule is Cc1nnc(CCCC2CCN(C(=O)O)CC2)o1. The number of hydrogen-bond acceptors (Lipinski definition) is 4. The summed E-state index contributed by atoms with van der Waals surface area (Å²) in [5.41, 5.74) is 0. The number of carbonyl (C=O) groups is 1. The second-order valence-electron chi connectivity index (χ2n) is 4.82. The van der Waals surface area contributed by atoms with Crippen LogP contribution in [0.5, 0.6) is 0 Å². The average molecular weight is 253 g/mol. The van der Waals surface area contributed by atoms with E-state index in [1.54, 1.807) is 6.92 Å². The van der Waals surface area contributed by atoms with E-state index >= 15 is 0 Å². The molecule has 1 aliphatic rings. The van der Waals surface area contributed by atoms with Gasteiger partial charge in [-0.1, -0.05) is 0 Å². The minimum atomic E-state index is -0.796. The molecule has 1 aromatic rings. The summed E-state index contributed by atoms with van der Waals surface area (Å²) in [5, 5.41) is 16.6. The minimum absolute atomic E-state index is 0.611. The number of carboxylic acid groups (broad SMARTS) is 1. The topological polar surface area (TPSA) is 79.5 Å². The van der Waals surface area contributed by atoms with Crippen LogP contribution < -0.4 is 0 Å². The largest absolute Gasteiger partial charge is 0.465 e. The van der Waals surface area contributed by atoms with Crippen LogP contribution in [0.4, 0.5) is 4.79 Å². The molecule has 6 heteroatoms. The predicted octanol–water partition coefficient (Wildman–Crippen LogP) is 2.09. The highest BCUT2D eigenvalue weighted by atomic mass is 16.4. The summed E-state index contributed by atoms with van der Waals surface area (Å²) >= 11 is 0. The molecule has 1 saturated heterocycles. The van der Waals surface area contributed by atoms with Crippen LogP contribution in [0.1, 0.15) is 37.5 Å². The highest BCUT2D eigenvalue weighted by molar-refractivity contribution is 5.64. The molecule has 0 spiro atoms. The number of hydrogen-bond donors (Lipinski definition) is 1. The van der Waals surface area contributed by atoms with Crippen molar-refractivity contribution in [3.63, 3.8) is 0 Å². The first kappa shape index (κ1) is 12.9. The van der Waals surface area contributed by atoms with E-state index in [1.807, 2.05) is 0 Å². The van der Waals surface area contributed by atoms with Crippen molar-refractivity contribution in [1.29, 1.82) is 0 Å². The maximum Gasteiger partial charge on any atom is 0.407 e. The Morgan fingerprint density at radius 1 is 1.44 bits per heavy atom. The Morgan fingerprint density at radius 3 is 2.72 bits per heavy atom. The standard InChI is InChI=1S/C12H19N3O3/c1-9-13-14-11(18-9)4-2-3-10-5-7-15(8-6-10)12(16)17/h10H,2-8H2,1H3,(H,16,17). The zero-order valence-corrected chi connectivity index (χ0v) is 10.6. The number of amides is 1. The van der Waals surface area contributed by atoms with Gasteiger partial charge in [-0.05, 0) is 31.6 Å². The van der Waals surface area contributed by atoms with Crippen molar-refractivity contribution in [2.45, 2.75) is 39.0 Å². The fraction of sp³-hybridized carbons (Fsp3) is 0.750. The van der Waals surface area contributed by atoms with E-state index in [0.717, 1.165) is 32.1 Å². The van der Waals surface area contributed by atoms with Crippen LogP contribution in [-0.4, -0.2) is 39.4 Å². The van der Waals surface area contributed by atoms with Gasteiger partial charge in [0.25, 0.3) is 0 Å². The third-order valence-corrected chi connectivity index (χ3v) is 3.46. The molecule has 0 unspecified atom stereocenters. The molecule has 2 heterocycles. The van der Waals surface area contributed by atoms with Crippen LogP contribution in [0, 0.1) is 12.8 Å². The summed E-state index contributed by atoms with van der Waals surface area (Å²) < 4.78 is 5.31. The van der Waals surface area contributed by atoms with E-state index in [4.69, 9.17) is 9.52 Å². The lowest BCUT2D eigenvalue weighted by atomic mass is 9.92. The van der Waals surface area contributed by atoms with Gasteiger partial charge >= 0.3 is 6.09 Å². The van der Waals surface area contributed by atoms with Gasteiger partial charge in [-0.25, -0.2) is 4.79 Å². The first-order valence-corrected chi connectivity index (χ1v) is 6.42. The first-order valence-electron chi connectivity index (χ1n) is 6.42. The summed E-state index contributed by atoms with van der Waals surface area (Å²) in [6, 6.07) is 0. The van der Waals surface area contributed by atoms with E-state index in [9.17, 15) is 4.79 Å². The zero-order chi connectivity index (χ0) is 13.0. The van der Waals surface area contributed by atoms with Gasteiger partial charge in [0.15, 0.2) is 0 Å². The number of nitrogens with zero attached hydrogens (tertiary/aromatic N) is 3. The van der Waals surface area contributed by atoms with Crippen LogP contribution in [0.2, 0.25) is 0 Å². The van der Waals surface area contributed by atoms with Crippen molar-refractivity contribution < 1.29 is 14.3 Å². The third kappa shape index (κ3) is 3.45. The Balaban J connectivity index is 1.65. The van der Waals surface area contributed by atoms with Gasteiger partial charge in [-0.2, -0.15) is 0 Å². The van der Waals surface area contributed by atoms with Gasteiger partial charge in [0.2, 0.25) is 11.8 Å². The summed E-state index contributed by atoms with van der Waals surface area (Å²) in [6.07, 6.45) is 4.09. The van der Waals surface area contributed by atoms with E-state index in [1.165, 1.54) is 4.90 Å². The molecule has 1 amide bonds. The van der Waals surface area contributed by atoms with Gasteiger partial charge in [0, 0.05) is 26.4 Å². The van der Waals surface area contributed by atoms with Crippen molar-refractivity contribution in [3.05, 3.63) is 11.8 Å². The molecule has 1 aliphatic heterocycles. The fourth-order valence-electron chi connectivity index (χ4n) is 2.39. The zero-order valence-electron chi connectivity index (χ0n) is 10.6. The molecule has 0 aliphatic carbocycles. The van der Waals surface area contributed by atoms with E-state index in [2.05, 4.69) is 10.2 Å². The monoisotopic (exact) mass is 253 g/mol. The number of rotatable bonds is 4. The van der Waals surface area contributed by atoms with Crippen LogP contribution in [0.3, 0.4) is 0 Å². The maximum absolute atomic E-state index is 10.8. The van der Waals surface area contributed by atoms with Crippen molar-refractivity contribution in [1.82, 2.24) is 15.1 Å². The number of aromatic nitrogens is 2. The van der Waals surface area contributed by atoms with Crippen molar-refractivity contribution in [3.8, 4) is 0 Å². The lowest BCUT2D eigenvalue weighted by Crippen LogP contribution is -2.37. The fourth-order valence-corrected chi connectivity index (χ4v) is 2.39. The average Bonchev–Trinajstić information content (AvgIpc) is 2.76. The molecule has 18 heavy (non-hydrogen) atoms. The Bertz CT molecular complexity index is 397. The molecule has 0 aromatic carbocycles. The molecular formula is C12H19N3O3. The molecule has 6 nitrogen and oxygen atoms in total. The minimum Gasteiger partial charge on any atom is -0.465 e. The van der Waals surface area contributed by atoms with E-state index in [0.29, 0.717) is 30.8 Å². The molecule has 0 bridgehead atoms. The van der Waals surface area contributed by atoms with Gasteiger partial charge in [-0.3, -0.25) is 0 Å². The molecule has 0 saturated carbocycles. The van der Waals surface area contributed by atoms with Crippen molar-refractivity contribution >= 4 is 6.09 Å². The third-order valence-electron chi connectivity index (χ3n) is 3.46. The molecule has 1 fully saturated rings.